The first-order valence-electron chi connectivity index (χ1n) is 8.69. The molecule has 0 aromatic heterocycles. The Kier molecular flexibility index (Phi) is 7.17. The van der Waals surface area contributed by atoms with Crippen LogP contribution >= 0.6 is 0 Å². The Morgan fingerprint density at radius 1 is 1.03 bits per heavy atom. The van der Waals surface area contributed by atoms with E-state index in [1.807, 2.05) is 0 Å². The Balaban J connectivity index is 2.02. The van der Waals surface area contributed by atoms with Crippen LogP contribution in [-0.4, -0.2) is 35.1 Å². The van der Waals surface area contributed by atoms with Gasteiger partial charge >= 0.3 is 0 Å². The fraction of sp³-hybridized carbons (Fsp3) is 0.158. The van der Waals surface area contributed by atoms with Crippen molar-refractivity contribution in [1.29, 1.82) is 0 Å². The minimum Gasteiger partial charge on any atom is -0.376 e. The van der Waals surface area contributed by atoms with Crippen molar-refractivity contribution in [1.82, 2.24) is 0 Å². The van der Waals surface area contributed by atoms with E-state index in [0.717, 1.165) is 6.07 Å². The number of nitro benzene ring substituents is 2. The predicted octanol–water partition coefficient (Wildman–Crippen LogP) is 2.80. The van der Waals surface area contributed by atoms with Gasteiger partial charge in [0.05, 0.1) is 9.85 Å². The molecule has 0 radical (unpaired) electrons. The molecule has 0 bridgehead atoms. The summed E-state index contributed by atoms with van der Waals surface area (Å²) in [4.78, 5) is 43.2. The van der Waals surface area contributed by atoms with Gasteiger partial charge in [-0.3, -0.25) is 29.8 Å². The van der Waals surface area contributed by atoms with E-state index in [9.17, 15) is 29.8 Å². The van der Waals surface area contributed by atoms with Gasteiger partial charge < -0.3 is 16.4 Å². The van der Waals surface area contributed by atoms with Crippen molar-refractivity contribution >= 4 is 34.9 Å². The van der Waals surface area contributed by atoms with Crippen LogP contribution in [-0.2, 0) is 0 Å². The van der Waals surface area contributed by atoms with Crippen molar-refractivity contribution in [3.8, 4) is 0 Å². The summed E-state index contributed by atoms with van der Waals surface area (Å²) in [5.41, 5.74) is 5.98. The molecule has 0 fully saturated rings. The maximum atomic E-state index is 11.3. The van der Waals surface area contributed by atoms with Crippen molar-refractivity contribution in [2.24, 2.45) is 5.73 Å². The predicted molar refractivity (Wildman–Crippen MR) is 111 cm³/mol. The molecule has 2 aromatic rings. The molecule has 2 rings (SSSR count). The van der Waals surface area contributed by atoms with Gasteiger partial charge in [-0.2, -0.15) is 0 Å². The van der Waals surface area contributed by atoms with E-state index >= 15 is 0 Å². The lowest BCUT2D eigenvalue weighted by atomic mass is 10.1. The number of amides is 1. The van der Waals surface area contributed by atoms with Crippen molar-refractivity contribution < 1.29 is 19.4 Å². The molecule has 0 spiro atoms. The van der Waals surface area contributed by atoms with Crippen molar-refractivity contribution in [2.75, 3.05) is 23.7 Å². The van der Waals surface area contributed by atoms with Gasteiger partial charge in [-0.25, -0.2) is 0 Å². The van der Waals surface area contributed by atoms with E-state index in [4.69, 9.17) is 5.73 Å². The number of nitro groups is 2. The third-order valence-electron chi connectivity index (χ3n) is 4.12. The van der Waals surface area contributed by atoms with Gasteiger partial charge in [-0.05, 0) is 30.7 Å². The lowest BCUT2D eigenvalue weighted by molar-refractivity contribution is -0.384. The number of nitrogens with two attached hydrogens (primary N) is 1. The molecule has 30 heavy (non-hydrogen) atoms. The zero-order valence-electron chi connectivity index (χ0n) is 16.0. The highest BCUT2D eigenvalue weighted by molar-refractivity contribution is 5.95. The molecule has 11 nitrogen and oxygen atoms in total. The van der Waals surface area contributed by atoms with Gasteiger partial charge in [-0.1, -0.05) is 12.2 Å². The lowest BCUT2D eigenvalue weighted by Gasteiger charge is -2.10. The number of carbonyl (C=O) groups excluding carboxylic acids is 2. The van der Waals surface area contributed by atoms with Crippen molar-refractivity contribution in [3.63, 3.8) is 0 Å². The molecular weight excluding hydrogens is 394 g/mol. The Hall–Kier alpha value is -4.28. The minimum atomic E-state index is -0.756. The van der Waals surface area contributed by atoms with Crippen LogP contribution in [0.3, 0.4) is 0 Å². The summed E-state index contributed by atoms with van der Waals surface area (Å²) in [7, 11) is 0. The zero-order valence-corrected chi connectivity index (χ0v) is 16.0. The SMILES string of the molecule is Cc1cc(C(N)=O)cc([N+](=O)[O-])c1NC/C=C/CNc1ccc(C=O)cc1[N+](=O)[O-]. The van der Waals surface area contributed by atoms with Crippen LogP contribution < -0.4 is 16.4 Å². The Morgan fingerprint density at radius 3 is 2.23 bits per heavy atom. The summed E-state index contributed by atoms with van der Waals surface area (Å²) in [5, 5.41) is 28.2. The highest BCUT2D eigenvalue weighted by atomic mass is 16.6. The number of nitrogens with zero attached hydrogens (tertiary/aromatic N) is 2. The Morgan fingerprint density at radius 2 is 1.67 bits per heavy atom. The molecule has 0 atom stereocenters. The number of benzene rings is 2. The number of aldehydes is 1. The molecule has 0 aliphatic heterocycles. The molecule has 156 valence electrons. The Labute approximate surface area is 170 Å². The second-order valence-corrected chi connectivity index (χ2v) is 6.19. The molecule has 11 heteroatoms. The number of aryl methyl sites for hydroxylation is 1. The van der Waals surface area contributed by atoms with Gasteiger partial charge in [0, 0.05) is 36.3 Å². The summed E-state index contributed by atoms with van der Waals surface area (Å²) in [6.07, 6.45) is 3.90. The maximum absolute atomic E-state index is 11.3. The second kappa shape index (κ2) is 9.78. The molecule has 0 saturated heterocycles. The molecule has 0 aliphatic carbocycles. The van der Waals surface area contributed by atoms with Crippen LogP contribution in [0.1, 0.15) is 26.3 Å². The summed E-state index contributed by atoms with van der Waals surface area (Å²) in [6, 6.07) is 6.67. The third-order valence-corrected chi connectivity index (χ3v) is 4.12. The smallest absolute Gasteiger partial charge is 0.293 e. The molecule has 2 aromatic carbocycles. The number of carbonyl (C=O) groups is 2. The topological polar surface area (TPSA) is 170 Å². The average Bonchev–Trinajstić information content (AvgIpc) is 2.70. The van der Waals surface area contributed by atoms with E-state index in [1.165, 1.54) is 24.3 Å². The van der Waals surface area contributed by atoms with E-state index < -0.39 is 15.8 Å². The van der Waals surface area contributed by atoms with Gasteiger partial charge in [0.25, 0.3) is 11.4 Å². The van der Waals surface area contributed by atoms with E-state index in [1.54, 1.807) is 19.1 Å². The van der Waals surface area contributed by atoms with E-state index in [2.05, 4.69) is 10.6 Å². The zero-order chi connectivity index (χ0) is 22.3. The first kappa shape index (κ1) is 22.0. The molecule has 0 aliphatic rings. The number of hydrogen-bond donors (Lipinski definition) is 3. The fourth-order valence-corrected chi connectivity index (χ4v) is 2.70. The molecular formula is C19H19N5O6. The molecule has 1 amide bonds. The molecule has 0 heterocycles. The van der Waals surface area contributed by atoms with Crippen LogP contribution in [0.4, 0.5) is 22.7 Å². The monoisotopic (exact) mass is 413 g/mol. The van der Waals surface area contributed by atoms with Gasteiger partial charge in [-0.15, -0.1) is 0 Å². The van der Waals surface area contributed by atoms with Crippen LogP contribution in [0, 0.1) is 27.2 Å². The standard InChI is InChI=1S/C19H19N5O6/c1-12-8-14(19(20)26)10-17(24(29)30)18(12)22-7-3-2-6-21-15-5-4-13(11-25)9-16(15)23(27)28/h2-5,8-11,21-22H,6-7H2,1H3,(H2,20,26)/b3-2+. The van der Waals surface area contributed by atoms with E-state index in [0.29, 0.717) is 11.8 Å². The Bertz CT molecular complexity index is 1030. The molecule has 4 N–H and O–H groups in total. The number of hydrogen-bond acceptors (Lipinski definition) is 8. The summed E-state index contributed by atoms with van der Waals surface area (Å²) in [5.74, 6) is -0.756. The van der Waals surface area contributed by atoms with Crippen molar-refractivity contribution in [2.45, 2.75) is 6.92 Å². The quantitative estimate of drug-likeness (QED) is 0.231. The number of primary amides is 1. The number of anilines is 2. The first-order valence-corrected chi connectivity index (χ1v) is 8.69. The van der Waals surface area contributed by atoms with Gasteiger partial charge in [0.1, 0.15) is 17.7 Å². The average molecular weight is 413 g/mol. The van der Waals surface area contributed by atoms with Gasteiger partial charge in [0.15, 0.2) is 0 Å². The normalized spacial score (nSPS) is 10.6. The fourth-order valence-electron chi connectivity index (χ4n) is 2.70. The maximum Gasteiger partial charge on any atom is 0.293 e. The van der Waals surface area contributed by atoms with Crippen LogP contribution in [0.5, 0.6) is 0 Å². The molecule has 0 saturated carbocycles. The minimum absolute atomic E-state index is 0.0479. The highest BCUT2D eigenvalue weighted by Crippen LogP contribution is 2.29. The number of nitrogens with one attached hydrogen (secondary N) is 2. The summed E-state index contributed by atoms with van der Waals surface area (Å²) >= 11 is 0. The van der Waals surface area contributed by atoms with E-state index in [-0.39, 0.29) is 47.0 Å². The third kappa shape index (κ3) is 5.38. The molecule has 0 unspecified atom stereocenters. The summed E-state index contributed by atoms with van der Waals surface area (Å²) in [6.45, 7) is 2.12. The van der Waals surface area contributed by atoms with Crippen molar-refractivity contribution in [3.05, 3.63) is 79.4 Å². The summed E-state index contributed by atoms with van der Waals surface area (Å²) < 4.78 is 0. The van der Waals surface area contributed by atoms with Gasteiger partial charge in [0.2, 0.25) is 5.91 Å². The van der Waals surface area contributed by atoms with Crippen LogP contribution in [0.15, 0.2) is 42.5 Å². The first-order chi connectivity index (χ1) is 14.2. The second-order valence-electron chi connectivity index (χ2n) is 6.19. The lowest BCUT2D eigenvalue weighted by Crippen LogP contribution is -2.13. The van der Waals surface area contributed by atoms with Crippen LogP contribution in [0.25, 0.3) is 0 Å². The largest absolute Gasteiger partial charge is 0.376 e. The highest BCUT2D eigenvalue weighted by Gasteiger charge is 2.19. The van der Waals surface area contributed by atoms with Crippen LogP contribution in [0.2, 0.25) is 0 Å². The number of rotatable bonds is 10.